The lowest BCUT2D eigenvalue weighted by atomic mass is 10.2. The van der Waals surface area contributed by atoms with Crippen molar-refractivity contribution in [3.05, 3.63) is 41.6 Å². The number of aromatic nitrogens is 1. The minimum Gasteiger partial charge on any atom is -0.456 e. The van der Waals surface area contributed by atoms with Crippen molar-refractivity contribution in [3.8, 4) is 0 Å². The standard InChI is InChI=1S/C12H11F3N2O2/c13-10(14)6-17(9-3-12(18)19-7-9)5-8-1-2-11(15)16-4-8/h1-4,10H,5-7H2. The summed E-state index contributed by atoms with van der Waals surface area (Å²) in [5.41, 5.74) is 0.955. The Hall–Kier alpha value is -2.05. The van der Waals surface area contributed by atoms with Gasteiger partial charge < -0.3 is 9.64 Å². The van der Waals surface area contributed by atoms with Crippen LogP contribution in [0.25, 0.3) is 0 Å². The molecule has 1 aliphatic heterocycles. The Kier molecular flexibility index (Phi) is 4.03. The second-order valence-corrected chi connectivity index (χ2v) is 4.00. The lowest BCUT2D eigenvalue weighted by molar-refractivity contribution is -0.135. The van der Waals surface area contributed by atoms with Crippen molar-refractivity contribution in [2.45, 2.75) is 13.0 Å². The van der Waals surface area contributed by atoms with Crippen molar-refractivity contribution in [2.24, 2.45) is 0 Å². The number of alkyl halides is 2. The molecule has 2 heterocycles. The van der Waals surface area contributed by atoms with Crippen LogP contribution in [0.2, 0.25) is 0 Å². The maximum Gasteiger partial charge on any atom is 0.333 e. The van der Waals surface area contributed by atoms with Gasteiger partial charge in [0.05, 0.1) is 12.2 Å². The molecule has 0 fully saturated rings. The zero-order valence-electron chi connectivity index (χ0n) is 9.85. The maximum absolute atomic E-state index is 12.7. The topological polar surface area (TPSA) is 42.4 Å². The van der Waals surface area contributed by atoms with Crippen LogP contribution in [0.15, 0.2) is 30.1 Å². The van der Waals surface area contributed by atoms with Gasteiger partial charge in [-0.05, 0) is 11.6 Å². The third-order valence-corrected chi connectivity index (χ3v) is 2.57. The van der Waals surface area contributed by atoms with Gasteiger partial charge in [0, 0.05) is 18.8 Å². The first kappa shape index (κ1) is 13.4. The van der Waals surface area contributed by atoms with Crippen LogP contribution in [-0.2, 0) is 16.1 Å². The Balaban J connectivity index is 2.11. The van der Waals surface area contributed by atoms with Gasteiger partial charge in [0.1, 0.15) is 6.61 Å². The predicted molar refractivity (Wildman–Crippen MR) is 59.7 cm³/mol. The summed E-state index contributed by atoms with van der Waals surface area (Å²) in [4.78, 5) is 15.7. The van der Waals surface area contributed by atoms with Crippen molar-refractivity contribution < 1.29 is 22.7 Å². The summed E-state index contributed by atoms with van der Waals surface area (Å²) in [6.07, 6.45) is -0.101. The summed E-state index contributed by atoms with van der Waals surface area (Å²) < 4.78 is 42.4. The van der Waals surface area contributed by atoms with Gasteiger partial charge in [-0.2, -0.15) is 4.39 Å². The molecule has 19 heavy (non-hydrogen) atoms. The zero-order chi connectivity index (χ0) is 13.8. The lowest BCUT2D eigenvalue weighted by Gasteiger charge is -2.24. The van der Waals surface area contributed by atoms with Crippen LogP contribution in [0.1, 0.15) is 5.56 Å². The van der Waals surface area contributed by atoms with E-state index in [0.29, 0.717) is 11.3 Å². The molecule has 0 unspecified atom stereocenters. The SMILES string of the molecule is O=C1C=C(N(Cc2ccc(F)nc2)CC(F)F)CO1. The Bertz CT molecular complexity index is 488. The first-order valence-corrected chi connectivity index (χ1v) is 5.55. The molecule has 0 N–H and O–H groups in total. The van der Waals surface area contributed by atoms with Crippen molar-refractivity contribution in [3.63, 3.8) is 0 Å². The van der Waals surface area contributed by atoms with Crippen molar-refractivity contribution in [1.29, 1.82) is 0 Å². The third-order valence-electron chi connectivity index (χ3n) is 2.57. The summed E-state index contributed by atoms with van der Waals surface area (Å²) in [5, 5.41) is 0. The minimum atomic E-state index is -2.55. The first-order valence-electron chi connectivity index (χ1n) is 5.55. The van der Waals surface area contributed by atoms with Crippen LogP contribution in [0, 0.1) is 5.95 Å². The van der Waals surface area contributed by atoms with Crippen LogP contribution in [0.4, 0.5) is 13.2 Å². The number of cyclic esters (lactones) is 1. The number of hydrogen-bond donors (Lipinski definition) is 0. The molecule has 0 aliphatic carbocycles. The molecule has 0 saturated carbocycles. The molecule has 102 valence electrons. The lowest BCUT2D eigenvalue weighted by Crippen LogP contribution is -2.28. The molecule has 7 heteroatoms. The van der Waals surface area contributed by atoms with Crippen molar-refractivity contribution in [1.82, 2.24) is 9.88 Å². The van der Waals surface area contributed by atoms with E-state index in [4.69, 9.17) is 4.74 Å². The Morgan fingerprint density at radius 2 is 2.21 bits per heavy atom. The molecule has 0 amide bonds. The number of rotatable bonds is 5. The zero-order valence-corrected chi connectivity index (χ0v) is 9.85. The van der Waals surface area contributed by atoms with E-state index < -0.39 is 24.9 Å². The highest BCUT2D eigenvalue weighted by molar-refractivity contribution is 5.85. The number of halogens is 3. The van der Waals surface area contributed by atoms with E-state index in [2.05, 4.69) is 4.98 Å². The second kappa shape index (κ2) is 5.73. The number of hydrogen-bond acceptors (Lipinski definition) is 4. The van der Waals surface area contributed by atoms with Crippen molar-refractivity contribution >= 4 is 5.97 Å². The van der Waals surface area contributed by atoms with Crippen LogP contribution >= 0.6 is 0 Å². The first-order chi connectivity index (χ1) is 9.04. The molecule has 0 aromatic carbocycles. The van der Waals surface area contributed by atoms with Gasteiger partial charge in [0.25, 0.3) is 6.43 Å². The molecule has 2 rings (SSSR count). The van der Waals surface area contributed by atoms with E-state index in [0.717, 1.165) is 6.07 Å². The summed E-state index contributed by atoms with van der Waals surface area (Å²) in [6.45, 7) is -0.444. The average Bonchev–Trinajstić information content (AvgIpc) is 2.77. The van der Waals surface area contributed by atoms with Crippen LogP contribution in [0.5, 0.6) is 0 Å². The van der Waals surface area contributed by atoms with E-state index in [-0.39, 0.29) is 13.2 Å². The van der Waals surface area contributed by atoms with Crippen LogP contribution < -0.4 is 0 Å². The van der Waals surface area contributed by atoms with E-state index in [1.807, 2.05) is 0 Å². The number of carbonyl (C=O) groups is 1. The number of carbonyl (C=O) groups excluding carboxylic acids is 1. The van der Waals surface area contributed by atoms with Crippen LogP contribution in [-0.4, -0.2) is 35.4 Å². The summed E-state index contributed by atoms with van der Waals surface area (Å²) in [5.74, 6) is -1.19. The van der Waals surface area contributed by atoms with Gasteiger partial charge in [-0.25, -0.2) is 18.6 Å². The molecule has 0 radical (unpaired) electrons. The largest absolute Gasteiger partial charge is 0.456 e. The molecule has 1 aromatic rings. The Morgan fingerprint density at radius 3 is 2.74 bits per heavy atom. The quantitative estimate of drug-likeness (QED) is 0.604. The molecule has 4 nitrogen and oxygen atoms in total. The van der Waals surface area contributed by atoms with E-state index in [9.17, 15) is 18.0 Å². The van der Waals surface area contributed by atoms with Gasteiger partial charge in [-0.1, -0.05) is 6.07 Å². The molecule has 1 aliphatic rings. The second-order valence-electron chi connectivity index (χ2n) is 4.00. The number of nitrogens with zero attached hydrogens (tertiary/aromatic N) is 2. The van der Waals surface area contributed by atoms with Gasteiger partial charge in [0.2, 0.25) is 5.95 Å². The third kappa shape index (κ3) is 3.70. The molecular formula is C12H11F3N2O2. The average molecular weight is 272 g/mol. The number of esters is 1. The Labute approximate surface area is 107 Å². The molecule has 0 bridgehead atoms. The van der Waals surface area contributed by atoms with Gasteiger partial charge in [-0.3, -0.25) is 0 Å². The highest BCUT2D eigenvalue weighted by atomic mass is 19.3. The maximum atomic E-state index is 12.7. The van der Waals surface area contributed by atoms with Gasteiger partial charge in [-0.15, -0.1) is 0 Å². The normalized spacial score (nSPS) is 14.5. The summed E-state index contributed by atoms with van der Waals surface area (Å²) in [7, 11) is 0. The Morgan fingerprint density at radius 1 is 1.42 bits per heavy atom. The fraction of sp³-hybridized carbons (Fsp3) is 0.333. The fourth-order valence-corrected chi connectivity index (χ4v) is 1.72. The molecule has 0 saturated heterocycles. The molecule has 0 atom stereocenters. The van der Waals surface area contributed by atoms with Crippen LogP contribution in [0.3, 0.4) is 0 Å². The van der Waals surface area contributed by atoms with E-state index in [1.54, 1.807) is 0 Å². The smallest absolute Gasteiger partial charge is 0.333 e. The highest BCUT2D eigenvalue weighted by Gasteiger charge is 2.22. The molecular weight excluding hydrogens is 261 g/mol. The predicted octanol–water partition coefficient (Wildman–Crippen LogP) is 1.73. The fourth-order valence-electron chi connectivity index (χ4n) is 1.72. The van der Waals surface area contributed by atoms with Gasteiger partial charge >= 0.3 is 5.97 Å². The van der Waals surface area contributed by atoms with E-state index >= 15 is 0 Å². The number of ether oxygens (including phenoxy) is 1. The minimum absolute atomic E-state index is 0.0276. The summed E-state index contributed by atoms with van der Waals surface area (Å²) in [6, 6.07) is 2.61. The summed E-state index contributed by atoms with van der Waals surface area (Å²) >= 11 is 0. The number of pyridine rings is 1. The van der Waals surface area contributed by atoms with Crippen molar-refractivity contribution in [2.75, 3.05) is 13.2 Å². The monoisotopic (exact) mass is 272 g/mol. The van der Waals surface area contributed by atoms with E-state index in [1.165, 1.54) is 23.2 Å². The molecule has 0 spiro atoms. The molecule has 1 aromatic heterocycles. The van der Waals surface area contributed by atoms with Gasteiger partial charge in [0.15, 0.2) is 0 Å². The highest BCUT2D eigenvalue weighted by Crippen LogP contribution is 2.17.